The zero-order chi connectivity index (χ0) is 11.5. The molecule has 0 aliphatic rings. The molecule has 6 heteroatoms. The van der Waals surface area contributed by atoms with Gasteiger partial charge in [-0.05, 0) is 6.07 Å². The molecule has 0 atom stereocenters. The second-order valence-electron chi connectivity index (χ2n) is 2.86. The lowest BCUT2D eigenvalue weighted by molar-refractivity contribution is 0.457. The smallest absolute Gasteiger partial charge is 0.219 e. The molecule has 0 fully saturated rings. The van der Waals surface area contributed by atoms with Gasteiger partial charge in [0.1, 0.15) is 16.7 Å². The molecule has 2 aromatic heterocycles. The van der Waals surface area contributed by atoms with Crippen LogP contribution in [0.1, 0.15) is 0 Å². The van der Waals surface area contributed by atoms with E-state index in [1.807, 2.05) is 0 Å². The van der Waals surface area contributed by atoms with Crippen LogP contribution in [-0.2, 0) is 0 Å². The first-order valence-corrected chi connectivity index (χ1v) is 5.01. The van der Waals surface area contributed by atoms with Gasteiger partial charge >= 0.3 is 0 Å². The van der Waals surface area contributed by atoms with Gasteiger partial charge in [-0.1, -0.05) is 23.2 Å². The summed E-state index contributed by atoms with van der Waals surface area (Å²) in [6.07, 6.45) is 2.46. The largest absolute Gasteiger partial charge is 0.437 e. The molecule has 0 aliphatic heterocycles. The molecule has 0 saturated heterocycles. The summed E-state index contributed by atoms with van der Waals surface area (Å²) in [6.45, 7) is 0. The molecule has 2 aromatic rings. The molecule has 2 heterocycles. The Morgan fingerprint density at radius 2 is 1.94 bits per heavy atom. The zero-order valence-electron chi connectivity index (χ0n) is 7.82. The van der Waals surface area contributed by atoms with Crippen molar-refractivity contribution >= 4 is 23.2 Å². The fourth-order valence-corrected chi connectivity index (χ4v) is 1.26. The highest BCUT2D eigenvalue weighted by Gasteiger charge is 2.03. The Hall–Kier alpha value is -1.39. The third-order valence-corrected chi connectivity index (χ3v) is 2.38. The number of hydrogen-bond acceptors (Lipinski definition) is 3. The maximum Gasteiger partial charge on any atom is 0.219 e. The van der Waals surface area contributed by atoms with Gasteiger partial charge in [-0.15, -0.1) is 0 Å². The fraction of sp³-hybridized carbons (Fsp3) is 0. The van der Waals surface area contributed by atoms with Crippen molar-refractivity contribution in [1.82, 2.24) is 9.97 Å². The van der Waals surface area contributed by atoms with E-state index in [0.29, 0.717) is 5.75 Å². The highest BCUT2D eigenvalue weighted by molar-refractivity contribution is 6.41. The molecule has 3 nitrogen and oxygen atoms in total. The molecule has 82 valence electrons. The summed E-state index contributed by atoms with van der Waals surface area (Å²) in [6, 6.07) is 4.15. The average molecular weight is 259 g/mol. The Morgan fingerprint density at radius 3 is 2.56 bits per heavy atom. The maximum atomic E-state index is 12.6. The third kappa shape index (κ3) is 2.59. The van der Waals surface area contributed by atoms with Gasteiger partial charge in [-0.3, -0.25) is 0 Å². The molecule has 0 spiro atoms. The standard InChI is InChI=1S/C10H5Cl2FN2O/c11-8-3-7(5-15-10(8)12)16-9-2-1-6(13)4-14-9/h1-5H. The van der Waals surface area contributed by atoms with E-state index >= 15 is 0 Å². The maximum absolute atomic E-state index is 12.6. The summed E-state index contributed by atoms with van der Waals surface area (Å²) in [7, 11) is 0. The second-order valence-corrected chi connectivity index (χ2v) is 3.63. The van der Waals surface area contributed by atoms with Crippen molar-refractivity contribution in [3.05, 3.63) is 46.6 Å². The van der Waals surface area contributed by atoms with Crippen molar-refractivity contribution in [3.63, 3.8) is 0 Å². The highest BCUT2D eigenvalue weighted by atomic mass is 35.5. The molecule has 0 saturated carbocycles. The number of ether oxygens (including phenoxy) is 1. The Bertz CT molecular complexity index is 505. The van der Waals surface area contributed by atoms with Gasteiger partial charge in [0.15, 0.2) is 0 Å². The van der Waals surface area contributed by atoms with Crippen LogP contribution in [0.4, 0.5) is 4.39 Å². The molecule has 2 rings (SSSR count). The number of halogens is 3. The van der Waals surface area contributed by atoms with Crippen LogP contribution in [0.25, 0.3) is 0 Å². The SMILES string of the molecule is Fc1ccc(Oc2cnc(Cl)c(Cl)c2)nc1. The predicted molar refractivity (Wildman–Crippen MR) is 58.5 cm³/mol. The summed E-state index contributed by atoms with van der Waals surface area (Å²) < 4.78 is 17.9. The van der Waals surface area contributed by atoms with Crippen molar-refractivity contribution < 1.29 is 9.13 Å². The lowest BCUT2D eigenvalue weighted by Crippen LogP contribution is -1.89. The van der Waals surface area contributed by atoms with Crippen LogP contribution >= 0.6 is 23.2 Å². The van der Waals surface area contributed by atoms with Gasteiger partial charge in [0.2, 0.25) is 5.88 Å². The van der Waals surface area contributed by atoms with Gasteiger partial charge in [0.05, 0.1) is 17.4 Å². The van der Waals surface area contributed by atoms with Crippen molar-refractivity contribution in [2.75, 3.05) is 0 Å². The van der Waals surface area contributed by atoms with Crippen LogP contribution in [-0.4, -0.2) is 9.97 Å². The van der Waals surface area contributed by atoms with E-state index in [0.717, 1.165) is 6.20 Å². The summed E-state index contributed by atoms with van der Waals surface area (Å²) >= 11 is 11.4. The Labute approximate surface area is 101 Å². The minimum atomic E-state index is -0.431. The zero-order valence-corrected chi connectivity index (χ0v) is 9.34. The van der Waals surface area contributed by atoms with E-state index < -0.39 is 5.82 Å². The fourth-order valence-electron chi connectivity index (χ4n) is 1.00. The van der Waals surface area contributed by atoms with Crippen molar-refractivity contribution in [2.24, 2.45) is 0 Å². The molecule has 0 aliphatic carbocycles. The molecule has 16 heavy (non-hydrogen) atoms. The third-order valence-electron chi connectivity index (χ3n) is 1.69. The molecule has 0 N–H and O–H groups in total. The summed E-state index contributed by atoms with van der Waals surface area (Å²) in [5, 5.41) is 0.474. The van der Waals surface area contributed by atoms with Crippen molar-refractivity contribution in [2.45, 2.75) is 0 Å². The number of rotatable bonds is 2. The Kier molecular flexibility index (Phi) is 3.22. The van der Waals surface area contributed by atoms with Gasteiger partial charge in [-0.25, -0.2) is 14.4 Å². The first-order chi connectivity index (χ1) is 7.65. The molecule has 0 unspecified atom stereocenters. The number of pyridine rings is 2. The lowest BCUT2D eigenvalue weighted by Gasteiger charge is -2.04. The average Bonchev–Trinajstić information content (AvgIpc) is 2.27. The summed E-state index contributed by atoms with van der Waals surface area (Å²) in [5.41, 5.74) is 0. The van der Waals surface area contributed by atoms with E-state index in [9.17, 15) is 4.39 Å². The quantitative estimate of drug-likeness (QED) is 0.771. The van der Waals surface area contributed by atoms with Crippen molar-refractivity contribution in [3.8, 4) is 11.6 Å². The number of aromatic nitrogens is 2. The van der Waals surface area contributed by atoms with Crippen LogP contribution in [0, 0.1) is 5.82 Å². The Balaban J connectivity index is 2.20. The predicted octanol–water partition coefficient (Wildman–Crippen LogP) is 3.71. The lowest BCUT2D eigenvalue weighted by atomic mass is 10.4. The van der Waals surface area contributed by atoms with E-state index in [-0.39, 0.29) is 16.1 Å². The van der Waals surface area contributed by atoms with E-state index in [2.05, 4.69) is 9.97 Å². The second kappa shape index (κ2) is 4.63. The summed E-state index contributed by atoms with van der Waals surface area (Å²) in [5.74, 6) is 0.203. The molecule has 0 amide bonds. The number of hydrogen-bond donors (Lipinski definition) is 0. The topological polar surface area (TPSA) is 35.0 Å². The van der Waals surface area contributed by atoms with Crippen LogP contribution < -0.4 is 4.74 Å². The first kappa shape index (κ1) is 11.1. The first-order valence-electron chi connectivity index (χ1n) is 4.25. The van der Waals surface area contributed by atoms with Gasteiger partial charge in [-0.2, -0.15) is 0 Å². The summed E-state index contributed by atoms with van der Waals surface area (Å²) in [4.78, 5) is 7.52. The van der Waals surface area contributed by atoms with Crippen LogP contribution in [0.5, 0.6) is 11.6 Å². The Morgan fingerprint density at radius 1 is 1.12 bits per heavy atom. The van der Waals surface area contributed by atoms with E-state index in [1.165, 1.54) is 24.4 Å². The van der Waals surface area contributed by atoms with Crippen LogP contribution in [0.3, 0.4) is 0 Å². The molecule has 0 radical (unpaired) electrons. The minimum Gasteiger partial charge on any atom is -0.437 e. The van der Waals surface area contributed by atoms with E-state index in [4.69, 9.17) is 27.9 Å². The number of nitrogens with zero attached hydrogens (tertiary/aromatic N) is 2. The van der Waals surface area contributed by atoms with E-state index in [1.54, 1.807) is 0 Å². The molecular weight excluding hydrogens is 254 g/mol. The normalized spacial score (nSPS) is 10.2. The molecular formula is C10H5Cl2FN2O. The van der Waals surface area contributed by atoms with Crippen molar-refractivity contribution in [1.29, 1.82) is 0 Å². The van der Waals surface area contributed by atoms with Gasteiger partial charge < -0.3 is 4.74 Å². The monoisotopic (exact) mass is 258 g/mol. The molecule has 0 aromatic carbocycles. The molecule has 0 bridgehead atoms. The van der Waals surface area contributed by atoms with Gasteiger partial charge in [0, 0.05) is 12.1 Å². The highest BCUT2D eigenvalue weighted by Crippen LogP contribution is 2.26. The van der Waals surface area contributed by atoms with Crippen LogP contribution in [0.2, 0.25) is 10.2 Å². The minimum absolute atomic E-state index is 0.195. The van der Waals surface area contributed by atoms with Gasteiger partial charge in [0.25, 0.3) is 0 Å². The van der Waals surface area contributed by atoms with Crippen LogP contribution in [0.15, 0.2) is 30.6 Å².